The fourth-order valence-corrected chi connectivity index (χ4v) is 2.07. The number of Topliss-reactive ketones (excluding diaryl/α,β-unsaturated/α-hetero) is 1. The molecule has 16 heavy (non-hydrogen) atoms. The third kappa shape index (κ3) is 1.43. The fraction of sp³-hybridized carbons (Fsp3) is 0.462. The number of hydrogen-bond donors (Lipinski definition) is 1. The molecule has 0 aromatic heterocycles. The maximum Gasteiger partial charge on any atom is 0.217 e. The second kappa shape index (κ2) is 3.32. The van der Waals surface area contributed by atoms with Crippen molar-refractivity contribution in [2.45, 2.75) is 33.0 Å². The van der Waals surface area contributed by atoms with E-state index in [1.807, 2.05) is 24.3 Å². The number of aliphatic hydroxyl groups is 1. The largest absolute Gasteiger partial charge is 0.461 e. The maximum absolute atomic E-state index is 11.7. The molecule has 0 amide bonds. The molecule has 0 fully saturated rings. The summed E-state index contributed by atoms with van der Waals surface area (Å²) in [5.41, 5.74) is 0.0770. The fourth-order valence-electron chi connectivity index (χ4n) is 2.07. The van der Waals surface area contributed by atoms with Crippen LogP contribution in [0.5, 0.6) is 5.75 Å². The van der Waals surface area contributed by atoms with Crippen LogP contribution in [0.1, 0.15) is 26.3 Å². The van der Waals surface area contributed by atoms with Crippen LogP contribution in [0.3, 0.4) is 0 Å². The summed E-state index contributed by atoms with van der Waals surface area (Å²) in [7, 11) is 0. The van der Waals surface area contributed by atoms with Gasteiger partial charge in [-0.25, -0.2) is 0 Å². The van der Waals surface area contributed by atoms with E-state index >= 15 is 0 Å². The summed E-state index contributed by atoms with van der Waals surface area (Å²) in [5.74, 6) is -0.856. The van der Waals surface area contributed by atoms with Crippen LogP contribution in [-0.4, -0.2) is 16.7 Å². The quantitative estimate of drug-likeness (QED) is 0.786. The Bertz CT molecular complexity index is 437. The lowest BCUT2D eigenvalue weighted by Gasteiger charge is -2.44. The summed E-state index contributed by atoms with van der Waals surface area (Å²) in [4.78, 5) is 11.7. The molecule has 1 aliphatic heterocycles. The molecule has 3 nitrogen and oxygen atoms in total. The van der Waals surface area contributed by atoms with Crippen molar-refractivity contribution in [3.8, 4) is 5.75 Å². The van der Waals surface area contributed by atoms with E-state index in [0.717, 1.165) is 5.56 Å². The number of fused-ring (bicyclic) bond motifs is 1. The Labute approximate surface area is 95.0 Å². The predicted octanol–water partition coefficient (Wildman–Crippen LogP) is 1.93. The van der Waals surface area contributed by atoms with Crippen molar-refractivity contribution in [1.82, 2.24) is 0 Å². The van der Waals surface area contributed by atoms with E-state index in [1.165, 1.54) is 6.92 Å². The number of carbonyl (C=O) groups excluding carboxylic acids is 1. The highest BCUT2D eigenvalue weighted by atomic mass is 16.6. The van der Waals surface area contributed by atoms with E-state index in [1.54, 1.807) is 13.8 Å². The van der Waals surface area contributed by atoms with Crippen LogP contribution < -0.4 is 4.74 Å². The Morgan fingerprint density at radius 3 is 2.62 bits per heavy atom. The van der Waals surface area contributed by atoms with Gasteiger partial charge in [0.05, 0.1) is 5.41 Å². The molecule has 0 spiro atoms. The monoisotopic (exact) mass is 220 g/mol. The molecular formula is C13H16O3. The average molecular weight is 220 g/mol. The number of rotatable bonds is 1. The molecule has 1 N–H and O–H groups in total. The van der Waals surface area contributed by atoms with Crippen LogP contribution in [-0.2, 0) is 11.2 Å². The predicted molar refractivity (Wildman–Crippen MR) is 60.2 cm³/mol. The Morgan fingerprint density at radius 1 is 1.38 bits per heavy atom. The molecule has 0 saturated carbocycles. The SMILES string of the molecule is CC(=O)C1(C)Cc2ccccc2OC1(C)O. The maximum atomic E-state index is 11.7. The molecule has 1 aliphatic rings. The van der Waals surface area contributed by atoms with E-state index in [-0.39, 0.29) is 5.78 Å². The third-order valence-corrected chi connectivity index (χ3v) is 3.63. The highest BCUT2D eigenvalue weighted by molar-refractivity contribution is 5.84. The first-order valence-electron chi connectivity index (χ1n) is 5.37. The number of hydrogen-bond acceptors (Lipinski definition) is 3. The number of ketones is 1. The summed E-state index contributed by atoms with van der Waals surface area (Å²) < 4.78 is 5.53. The van der Waals surface area contributed by atoms with Crippen molar-refractivity contribution in [3.05, 3.63) is 29.8 Å². The summed E-state index contributed by atoms with van der Waals surface area (Å²) in [6, 6.07) is 7.49. The minimum Gasteiger partial charge on any atom is -0.461 e. The van der Waals surface area contributed by atoms with Crippen molar-refractivity contribution in [2.75, 3.05) is 0 Å². The number of carbonyl (C=O) groups is 1. The van der Waals surface area contributed by atoms with Gasteiger partial charge >= 0.3 is 0 Å². The topological polar surface area (TPSA) is 46.5 Å². The first-order valence-corrected chi connectivity index (χ1v) is 5.37. The van der Waals surface area contributed by atoms with Crippen molar-refractivity contribution in [2.24, 2.45) is 5.41 Å². The van der Waals surface area contributed by atoms with Gasteiger partial charge in [-0.3, -0.25) is 4.79 Å². The Morgan fingerprint density at radius 2 is 2.00 bits per heavy atom. The Balaban J connectivity index is 2.51. The molecule has 2 atom stereocenters. The lowest BCUT2D eigenvalue weighted by molar-refractivity contribution is -0.211. The van der Waals surface area contributed by atoms with Crippen molar-refractivity contribution >= 4 is 5.78 Å². The molecule has 1 aromatic carbocycles. The van der Waals surface area contributed by atoms with Crippen LogP contribution >= 0.6 is 0 Å². The molecule has 0 radical (unpaired) electrons. The smallest absolute Gasteiger partial charge is 0.217 e. The van der Waals surface area contributed by atoms with Gasteiger partial charge in [0.2, 0.25) is 5.79 Å². The van der Waals surface area contributed by atoms with Crippen LogP contribution in [0.25, 0.3) is 0 Å². The van der Waals surface area contributed by atoms with Gasteiger partial charge < -0.3 is 9.84 Å². The highest BCUT2D eigenvalue weighted by Gasteiger charge is 2.52. The number of benzene rings is 1. The Kier molecular flexibility index (Phi) is 2.31. The lowest BCUT2D eigenvalue weighted by Crippen LogP contribution is -2.56. The van der Waals surface area contributed by atoms with Gasteiger partial charge in [0, 0.05) is 6.92 Å². The highest BCUT2D eigenvalue weighted by Crippen LogP contribution is 2.44. The molecule has 1 heterocycles. The van der Waals surface area contributed by atoms with Crippen molar-refractivity contribution in [3.63, 3.8) is 0 Å². The van der Waals surface area contributed by atoms with Gasteiger partial charge in [-0.05, 0) is 31.9 Å². The summed E-state index contributed by atoms with van der Waals surface area (Å²) in [6.45, 7) is 4.78. The van der Waals surface area contributed by atoms with Gasteiger partial charge in [0.15, 0.2) is 0 Å². The molecule has 0 bridgehead atoms. The number of ether oxygens (including phenoxy) is 1. The molecular weight excluding hydrogens is 204 g/mol. The van der Waals surface area contributed by atoms with Crippen LogP contribution in [0, 0.1) is 5.41 Å². The average Bonchev–Trinajstić information content (AvgIpc) is 2.18. The van der Waals surface area contributed by atoms with E-state index < -0.39 is 11.2 Å². The summed E-state index contributed by atoms with van der Waals surface area (Å²) in [6.07, 6.45) is 0.505. The van der Waals surface area contributed by atoms with E-state index in [4.69, 9.17) is 4.74 Å². The van der Waals surface area contributed by atoms with Crippen LogP contribution in [0.15, 0.2) is 24.3 Å². The standard InChI is InChI=1S/C13H16O3/c1-9(14)12(2)8-10-6-4-5-7-11(10)16-13(12,3)15/h4-7,15H,8H2,1-3H3. The molecule has 3 heteroatoms. The Hall–Kier alpha value is -1.35. The van der Waals surface area contributed by atoms with Crippen LogP contribution in [0.2, 0.25) is 0 Å². The minimum atomic E-state index is -1.45. The third-order valence-electron chi connectivity index (χ3n) is 3.63. The normalized spacial score (nSPS) is 32.8. The molecule has 1 aromatic rings. The van der Waals surface area contributed by atoms with Gasteiger partial charge in [-0.15, -0.1) is 0 Å². The minimum absolute atomic E-state index is 0.0630. The van der Waals surface area contributed by atoms with Crippen molar-refractivity contribution < 1.29 is 14.6 Å². The first-order chi connectivity index (χ1) is 7.37. The van der Waals surface area contributed by atoms with Crippen LogP contribution in [0.4, 0.5) is 0 Å². The zero-order valence-corrected chi connectivity index (χ0v) is 9.78. The van der Waals surface area contributed by atoms with E-state index in [2.05, 4.69) is 0 Å². The molecule has 2 unspecified atom stereocenters. The van der Waals surface area contributed by atoms with Gasteiger partial charge in [0.1, 0.15) is 11.5 Å². The first kappa shape index (κ1) is 11.1. The zero-order chi connectivity index (χ0) is 12.0. The molecule has 0 aliphatic carbocycles. The number of para-hydroxylation sites is 1. The van der Waals surface area contributed by atoms with Gasteiger partial charge in [-0.2, -0.15) is 0 Å². The molecule has 86 valence electrons. The second-order valence-corrected chi connectivity index (χ2v) is 4.76. The van der Waals surface area contributed by atoms with Gasteiger partial charge in [0.25, 0.3) is 0 Å². The van der Waals surface area contributed by atoms with E-state index in [0.29, 0.717) is 12.2 Å². The van der Waals surface area contributed by atoms with E-state index in [9.17, 15) is 9.90 Å². The van der Waals surface area contributed by atoms with Crippen molar-refractivity contribution in [1.29, 1.82) is 0 Å². The molecule has 2 rings (SSSR count). The second-order valence-electron chi connectivity index (χ2n) is 4.76. The summed E-state index contributed by atoms with van der Waals surface area (Å²) >= 11 is 0. The zero-order valence-electron chi connectivity index (χ0n) is 9.78. The molecule has 0 saturated heterocycles. The van der Waals surface area contributed by atoms with Gasteiger partial charge in [-0.1, -0.05) is 18.2 Å². The summed E-state index contributed by atoms with van der Waals surface area (Å²) in [5, 5.41) is 10.3. The lowest BCUT2D eigenvalue weighted by atomic mass is 9.72.